The van der Waals surface area contributed by atoms with E-state index >= 15 is 0 Å². The van der Waals surface area contributed by atoms with Crippen LogP contribution in [0.15, 0.2) is 48.5 Å². The van der Waals surface area contributed by atoms with Crippen molar-refractivity contribution in [1.82, 2.24) is 0 Å². The van der Waals surface area contributed by atoms with Gasteiger partial charge in [0.2, 0.25) is 10.0 Å². The Bertz CT molecular complexity index is 882. The summed E-state index contributed by atoms with van der Waals surface area (Å²) in [5.74, 6) is 6.31. The van der Waals surface area contributed by atoms with Crippen molar-refractivity contribution in [3.63, 3.8) is 0 Å². The molecule has 0 unspecified atom stereocenters. The highest BCUT2D eigenvalue weighted by Crippen LogP contribution is 2.14. The molecule has 0 amide bonds. The van der Waals surface area contributed by atoms with E-state index in [0.29, 0.717) is 12.1 Å². The Morgan fingerprint density at radius 1 is 0.962 bits per heavy atom. The fraction of sp³-hybridized carbons (Fsp3) is 0.333. The maximum Gasteiger partial charge on any atom is 0.233 e. The van der Waals surface area contributed by atoms with Crippen LogP contribution in [0.2, 0.25) is 0 Å². The van der Waals surface area contributed by atoms with Gasteiger partial charge in [-0.15, -0.1) is 0 Å². The quantitative estimate of drug-likeness (QED) is 0.763. The fourth-order valence-electron chi connectivity index (χ4n) is 2.18. The molecule has 26 heavy (non-hydrogen) atoms. The molecule has 2 aromatic carbocycles. The van der Waals surface area contributed by atoms with E-state index in [2.05, 4.69) is 37.3 Å². The number of nitrogens with one attached hydrogen (secondary N) is 1. The molecule has 4 nitrogen and oxygen atoms in total. The average Bonchev–Trinajstić information content (AvgIpc) is 2.59. The van der Waals surface area contributed by atoms with Gasteiger partial charge in [0.25, 0.3) is 0 Å². The standard InChI is InChI=1S/C21H25NO3S/c1-21(2,3)14-12-17-4-6-18(7-5-17)13-15-26(24,25)22-20-10-8-19(16-23)9-11-20/h4-11,22-23H,13,15-16H2,1-3H3. The lowest BCUT2D eigenvalue weighted by molar-refractivity contribution is 0.282. The van der Waals surface area contributed by atoms with E-state index < -0.39 is 10.0 Å². The summed E-state index contributed by atoms with van der Waals surface area (Å²) in [7, 11) is -3.43. The second-order valence-corrected chi connectivity index (χ2v) is 9.06. The summed E-state index contributed by atoms with van der Waals surface area (Å²) >= 11 is 0. The zero-order chi connectivity index (χ0) is 19.2. The first-order chi connectivity index (χ1) is 12.2. The third-order valence-electron chi connectivity index (χ3n) is 3.61. The molecular formula is C21H25NO3S. The minimum Gasteiger partial charge on any atom is -0.392 e. The van der Waals surface area contributed by atoms with Gasteiger partial charge in [0, 0.05) is 16.7 Å². The number of aliphatic hydroxyl groups excluding tert-OH is 1. The van der Waals surface area contributed by atoms with E-state index in [1.165, 1.54) is 0 Å². The predicted molar refractivity (Wildman–Crippen MR) is 106 cm³/mol. The molecule has 2 aromatic rings. The summed E-state index contributed by atoms with van der Waals surface area (Å²) in [6.45, 7) is 6.11. The SMILES string of the molecule is CC(C)(C)C#Cc1ccc(CCS(=O)(=O)Nc2ccc(CO)cc2)cc1. The molecular weight excluding hydrogens is 346 g/mol. The molecule has 0 aromatic heterocycles. The molecule has 0 heterocycles. The Morgan fingerprint density at radius 2 is 1.54 bits per heavy atom. The molecule has 2 rings (SSSR count). The lowest BCUT2D eigenvalue weighted by atomic mass is 9.97. The number of aliphatic hydroxyl groups is 1. The lowest BCUT2D eigenvalue weighted by Crippen LogP contribution is -2.18. The fourth-order valence-corrected chi connectivity index (χ4v) is 3.28. The molecule has 2 N–H and O–H groups in total. The van der Waals surface area contributed by atoms with Gasteiger partial charge < -0.3 is 5.11 Å². The van der Waals surface area contributed by atoms with E-state index in [1.807, 2.05) is 24.3 Å². The van der Waals surface area contributed by atoms with Crippen LogP contribution in [0.3, 0.4) is 0 Å². The lowest BCUT2D eigenvalue weighted by Gasteiger charge is -2.09. The van der Waals surface area contributed by atoms with Crippen molar-refractivity contribution in [2.45, 2.75) is 33.8 Å². The Hall–Kier alpha value is -2.29. The van der Waals surface area contributed by atoms with E-state index in [1.54, 1.807) is 24.3 Å². The summed E-state index contributed by atoms with van der Waals surface area (Å²) in [5.41, 5.74) is 3.06. The van der Waals surface area contributed by atoms with Gasteiger partial charge in [-0.3, -0.25) is 4.72 Å². The molecule has 0 aliphatic heterocycles. The third-order valence-corrected chi connectivity index (χ3v) is 4.89. The van der Waals surface area contributed by atoms with Crippen LogP contribution in [0.25, 0.3) is 0 Å². The Morgan fingerprint density at radius 3 is 2.08 bits per heavy atom. The molecule has 0 saturated heterocycles. The number of rotatable bonds is 6. The Kier molecular flexibility index (Phi) is 6.47. The second kappa shape index (κ2) is 8.39. The van der Waals surface area contributed by atoms with Gasteiger partial charge in [0.15, 0.2) is 0 Å². The van der Waals surface area contributed by atoms with Crippen LogP contribution in [0.5, 0.6) is 0 Å². The summed E-state index contributed by atoms with van der Waals surface area (Å²) in [5, 5.41) is 9.02. The van der Waals surface area contributed by atoms with E-state index in [0.717, 1.165) is 16.7 Å². The van der Waals surface area contributed by atoms with Crippen LogP contribution >= 0.6 is 0 Å². The smallest absolute Gasteiger partial charge is 0.233 e. The van der Waals surface area contributed by atoms with Crippen LogP contribution in [0.4, 0.5) is 5.69 Å². The average molecular weight is 372 g/mol. The van der Waals surface area contributed by atoms with Crippen molar-refractivity contribution in [2.75, 3.05) is 10.5 Å². The van der Waals surface area contributed by atoms with E-state index in [-0.39, 0.29) is 17.8 Å². The maximum atomic E-state index is 12.2. The molecule has 0 aliphatic carbocycles. The Labute approximate surface area is 156 Å². The van der Waals surface area contributed by atoms with Gasteiger partial charge in [-0.05, 0) is 62.6 Å². The second-order valence-electron chi connectivity index (χ2n) is 7.22. The van der Waals surface area contributed by atoms with Gasteiger partial charge in [-0.2, -0.15) is 0 Å². The van der Waals surface area contributed by atoms with Crippen LogP contribution < -0.4 is 4.72 Å². The van der Waals surface area contributed by atoms with Crippen LogP contribution in [0.1, 0.15) is 37.5 Å². The molecule has 0 radical (unpaired) electrons. The number of sulfonamides is 1. The molecule has 138 valence electrons. The molecule has 0 saturated carbocycles. The number of anilines is 1. The topological polar surface area (TPSA) is 66.4 Å². The van der Waals surface area contributed by atoms with Crippen molar-refractivity contribution in [3.8, 4) is 11.8 Å². The highest BCUT2D eigenvalue weighted by atomic mass is 32.2. The summed E-state index contributed by atoms with van der Waals surface area (Å²) in [4.78, 5) is 0. The van der Waals surface area contributed by atoms with Crippen LogP contribution in [0, 0.1) is 17.3 Å². The molecule has 0 spiro atoms. The minimum absolute atomic E-state index is 0.00175. The van der Waals surface area contributed by atoms with Crippen molar-refractivity contribution < 1.29 is 13.5 Å². The van der Waals surface area contributed by atoms with Gasteiger partial charge >= 0.3 is 0 Å². The monoisotopic (exact) mass is 371 g/mol. The van der Waals surface area contributed by atoms with E-state index in [4.69, 9.17) is 5.11 Å². The number of aryl methyl sites for hydroxylation is 1. The number of benzene rings is 2. The largest absolute Gasteiger partial charge is 0.392 e. The predicted octanol–water partition coefficient (Wildman–Crippen LogP) is 3.56. The first-order valence-corrected chi connectivity index (χ1v) is 10.1. The molecule has 0 fully saturated rings. The van der Waals surface area contributed by atoms with Gasteiger partial charge in [-0.25, -0.2) is 8.42 Å². The van der Waals surface area contributed by atoms with Crippen molar-refractivity contribution in [2.24, 2.45) is 5.41 Å². The molecule has 0 bridgehead atoms. The third kappa shape index (κ3) is 6.91. The van der Waals surface area contributed by atoms with Gasteiger partial charge in [0.1, 0.15) is 0 Å². The van der Waals surface area contributed by atoms with Crippen molar-refractivity contribution in [3.05, 3.63) is 65.2 Å². The molecule has 5 heteroatoms. The summed E-state index contributed by atoms with van der Waals surface area (Å²) in [6.07, 6.45) is 0.428. The molecule has 0 atom stereocenters. The molecule has 0 aliphatic rings. The van der Waals surface area contributed by atoms with Gasteiger partial charge in [0.05, 0.1) is 12.4 Å². The van der Waals surface area contributed by atoms with Crippen molar-refractivity contribution in [1.29, 1.82) is 0 Å². The minimum atomic E-state index is -3.43. The van der Waals surface area contributed by atoms with Crippen molar-refractivity contribution >= 4 is 15.7 Å². The normalized spacial score (nSPS) is 11.5. The number of hydrogen-bond donors (Lipinski definition) is 2. The van der Waals surface area contributed by atoms with E-state index in [9.17, 15) is 8.42 Å². The highest BCUT2D eigenvalue weighted by Gasteiger charge is 2.11. The zero-order valence-corrected chi connectivity index (χ0v) is 16.2. The first-order valence-electron chi connectivity index (χ1n) is 8.49. The number of hydrogen-bond acceptors (Lipinski definition) is 3. The summed E-state index contributed by atoms with van der Waals surface area (Å²) < 4.78 is 27.0. The highest BCUT2D eigenvalue weighted by molar-refractivity contribution is 7.92. The van der Waals surface area contributed by atoms with Crippen LogP contribution in [-0.4, -0.2) is 19.3 Å². The first kappa shape index (κ1) is 20.0. The summed E-state index contributed by atoms with van der Waals surface area (Å²) in [6, 6.07) is 14.3. The van der Waals surface area contributed by atoms with Gasteiger partial charge in [-0.1, -0.05) is 36.1 Å². The Balaban J connectivity index is 1.94. The zero-order valence-electron chi connectivity index (χ0n) is 15.4. The van der Waals surface area contributed by atoms with Crippen LogP contribution in [-0.2, 0) is 23.1 Å². The maximum absolute atomic E-state index is 12.2.